The number of rotatable bonds is 2. The van der Waals surface area contributed by atoms with E-state index in [9.17, 15) is 9.59 Å². The first kappa shape index (κ1) is 19.5. The Kier molecular flexibility index (Phi) is 6.79. The van der Waals surface area contributed by atoms with Crippen molar-refractivity contribution in [2.75, 3.05) is 30.8 Å². The lowest BCUT2D eigenvalue weighted by Crippen LogP contribution is -2.37. The fourth-order valence-electron chi connectivity index (χ4n) is 2.56. The van der Waals surface area contributed by atoms with Crippen molar-refractivity contribution in [3.63, 3.8) is 0 Å². The van der Waals surface area contributed by atoms with Crippen LogP contribution in [0.4, 0.5) is 11.4 Å². The summed E-state index contributed by atoms with van der Waals surface area (Å²) in [5.41, 5.74) is 8.13. The monoisotopic (exact) mass is 653 g/mol. The molecule has 2 amide bonds. The van der Waals surface area contributed by atoms with Gasteiger partial charge in [-0.3, -0.25) is 9.59 Å². The van der Waals surface area contributed by atoms with Crippen molar-refractivity contribution in [2.45, 2.75) is 26.2 Å². The minimum Gasteiger partial charge on any atom is -0.397 e. The highest BCUT2D eigenvalue weighted by atomic mass is 127. The highest BCUT2D eigenvalue weighted by molar-refractivity contribution is 14.1. The van der Waals surface area contributed by atoms with Crippen molar-refractivity contribution >= 4 is 91.0 Å². The van der Waals surface area contributed by atoms with E-state index < -0.39 is 0 Å². The zero-order valence-corrected chi connectivity index (χ0v) is 19.4. The summed E-state index contributed by atoms with van der Waals surface area (Å²) >= 11 is 6.45. The van der Waals surface area contributed by atoms with Crippen LogP contribution >= 0.6 is 67.8 Å². The number of nitrogens with two attached hydrogens (primary N) is 1. The van der Waals surface area contributed by atoms with Crippen molar-refractivity contribution in [3.05, 3.63) is 16.3 Å². The maximum Gasteiger partial charge on any atom is 0.256 e. The quantitative estimate of drug-likeness (QED) is 0.392. The standard InChI is InChI=1S/C15H18I3N3O2/c1-8(22)20(2)14-11(17)9(10(16)13(19)12(14)18)15(23)21-6-4-3-5-7-21/h3-7,19H2,1-2H3. The summed E-state index contributed by atoms with van der Waals surface area (Å²) in [6.45, 7) is 3.08. The molecule has 126 valence electrons. The lowest BCUT2D eigenvalue weighted by molar-refractivity contribution is -0.116. The van der Waals surface area contributed by atoms with E-state index in [-0.39, 0.29) is 11.8 Å². The predicted octanol–water partition coefficient (Wildman–Crippen LogP) is 3.69. The highest BCUT2D eigenvalue weighted by Gasteiger charge is 2.29. The van der Waals surface area contributed by atoms with Crippen LogP contribution in [0, 0.1) is 10.7 Å². The average Bonchev–Trinajstić information content (AvgIpc) is 2.53. The van der Waals surface area contributed by atoms with Gasteiger partial charge >= 0.3 is 0 Å². The Balaban J connectivity index is 2.59. The molecule has 2 N–H and O–H groups in total. The van der Waals surface area contributed by atoms with Crippen LogP contribution in [-0.2, 0) is 4.79 Å². The van der Waals surface area contributed by atoms with E-state index in [1.165, 1.54) is 13.3 Å². The number of nitrogen functional groups attached to an aromatic ring is 1. The Hall–Kier alpha value is 0.150. The number of likely N-dealkylation sites (tertiary alicyclic amines) is 1. The number of hydrogen-bond acceptors (Lipinski definition) is 3. The molecule has 1 aliphatic rings. The number of anilines is 2. The van der Waals surface area contributed by atoms with Gasteiger partial charge in [-0.25, -0.2) is 0 Å². The second-order valence-corrected chi connectivity index (χ2v) is 8.75. The van der Waals surface area contributed by atoms with Crippen LogP contribution in [-0.4, -0.2) is 36.9 Å². The lowest BCUT2D eigenvalue weighted by Gasteiger charge is -2.29. The van der Waals surface area contributed by atoms with Gasteiger partial charge < -0.3 is 15.5 Å². The topological polar surface area (TPSA) is 66.6 Å². The predicted molar refractivity (Wildman–Crippen MR) is 118 cm³/mol. The van der Waals surface area contributed by atoms with Crippen molar-refractivity contribution in [1.29, 1.82) is 0 Å². The molecule has 0 spiro atoms. The van der Waals surface area contributed by atoms with Gasteiger partial charge in [-0.05, 0) is 87.0 Å². The number of carbonyl (C=O) groups excluding carboxylic acids is 2. The number of carbonyl (C=O) groups is 2. The van der Waals surface area contributed by atoms with Gasteiger partial charge in [-0.15, -0.1) is 0 Å². The van der Waals surface area contributed by atoms with Crippen molar-refractivity contribution in [2.24, 2.45) is 0 Å². The van der Waals surface area contributed by atoms with Crippen molar-refractivity contribution in [3.8, 4) is 0 Å². The molecule has 0 bridgehead atoms. The molecule has 2 rings (SSSR count). The molecule has 0 saturated carbocycles. The molecule has 1 heterocycles. The van der Waals surface area contributed by atoms with E-state index in [2.05, 4.69) is 67.8 Å². The first-order valence-electron chi connectivity index (χ1n) is 7.26. The molecule has 0 atom stereocenters. The number of amides is 2. The summed E-state index contributed by atoms with van der Waals surface area (Å²) < 4.78 is 2.37. The molecular weight excluding hydrogens is 635 g/mol. The number of hydrogen-bond donors (Lipinski definition) is 1. The molecule has 1 aromatic rings. The fraction of sp³-hybridized carbons (Fsp3) is 0.467. The van der Waals surface area contributed by atoms with Gasteiger partial charge in [-0.2, -0.15) is 0 Å². The number of benzene rings is 1. The Bertz CT molecular complexity index is 658. The van der Waals surface area contributed by atoms with Crippen molar-refractivity contribution in [1.82, 2.24) is 4.90 Å². The van der Waals surface area contributed by atoms with Gasteiger partial charge in [0.05, 0.1) is 27.6 Å². The van der Waals surface area contributed by atoms with E-state index in [4.69, 9.17) is 5.73 Å². The lowest BCUT2D eigenvalue weighted by atomic mass is 10.1. The molecule has 5 nitrogen and oxygen atoms in total. The van der Waals surface area contributed by atoms with Crippen LogP contribution in [0.15, 0.2) is 0 Å². The third-order valence-corrected chi connectivity index (χ3v) is 7.26. The van der Waals surface area contributed by atoms with Crippen LogP contribution in [0.5, 0.6) is 0 Å². The van der Waals surface area contributed by atoms with E-state index in [0.29, 0.717) is 11.3 Å². The van der Waals surface area contributed by atoms with Crippen LogP contribution in [0.3, 0.4) is 0 Å². The normalized spacial score (nSPS) is 14.7. The average molecular weight is 653 g/mol. The second kappa shape index (κ2) is 8.02. The van der Waals surface area contributed by atoms with E-state index in [1.54, 1.807) is 11.9 Å². The minimum atomic E-state index is -0.0854. The summed E-state index contributed by atoms with van der Waals surface area (Å²) in [5.74, 6) is -0.0717. The molecule has 0 aromatic heterocycles. The van der Waals surface area contributed by atoms with Gasteiger partial charge in [0.1, 0.15) is 0 Å². The third kappa shape index (κ3) is 3.88. The first-order chi connectivity index (χ1) is 10.8. The maximum absolute atomic E-state index is 13.0. The van der Waals surface area contributed by atoms with Crippen LogP contribution in [0.25, 0.3) is 0 Å². The van der Waals surface area contributed by atoms with Crippen LogP contribution in [0.2, 0.25) is 0 Å². The number of piperidine rings is 1. The molecular formula is C15H18I3N3O2. The molecule has 0 aliphatic carbocycles. The van der Waals surface area contributed by atoms with Gasteiger partial charge in [0, 0.05) is 27.1 Å². The molecule has 0 unspecified atom stereocenters. The Morgan fingerprint density at radius 2 is 1.61 bits per heavy atom. The number of halogens is 3. The maximum atomic E-state index is 13.0. The molecule has 1 saturated heterocycles. The van der Waals surface area contributed by atoms with Crippen LogP contribution in [0.1, 0.15) is 36.5 Å². The largest absolute Gasteiger partial charge is 0.397 e. The SMILES string of the molecule is CC(=O)N(C)c1c(I)c(N)c(I)c(C(=O)N2CCCCC2)c1I. The van der Waals surface area contributed by atoms with E-state index in [1.807, 2.05) is 4.90 Å². The van der Waals surface area contributed by atoms with Gasteiger partial charge in [0.2, 0.25) is 5.91 Å². The van der Waals surface area contributed by atoms with Gasteiger partial charge in [0.15, 0.2) is 0 Å². The fourth-order valence-corrected chi connectivity index (χ4v) is 6.92. The molecule has 1 aliphatic heterocycles. The summed E-state index contributed by atoms with van der Waals surface area (Å²) in [7, 11) is 1.71. The van der Waals surface area contributed by atoms with E-state index in [0.717, 1.165) is 42.3 Å². The summed E-state index contributed by atoms with van der Waals surface area (Å²) in [5, 5.41) is 0. The molecule has 23 heavy (non-hydrogen) atoms. The first-order valence-corrected chi connectivity index (χ1v) is 10.5. The third-order valence-electron chi connectivity index (χ3n) is 3.99. The van der Waals surface area contributed by atoms with Gasteiger partial charge in [0.25, 0.3) is 5.91 Å². The molecule has 8 heteroatoms. The van der Waals surface area contributed by atoms with Gasteiger partial charge in [-0.1, -0.05) is 0 Å². The minimum absolute atomic E-state index is 0.0137. The molecule has 1 fully saturated rings. The summed E-state index contributed by atoms with van der Waals surface area (Å²) in [6, 6.07) is 0. The molecule has 0 radical (unpaired) electrons. The summed E-state index contributed by atoms with van der Waals surface area (Å²) in [4.78, 5) is 28.3. The number of nitrogens with zero attached hydrogens (tertiary/aromatic N) is 2. The van der Waals surface area contributed by atoms with E-state index >= 15 is 0 Å². The summed E-state index contributed by atoms with van der Waals surface area (Å²) in [6.07, 6.45) is 3.25. The Morgan fingerprint density at radius 1 is 1.04 bits per heavy atom. The smallest absolute Gasteiger partial charge is 0.256 e. The Morgan fingerprint density at radius 3 is 2.13 bits per heavy atom. The zero-order chi connectivity index (χ0) is 17.3. The molecule has 1 aromatic carbocycles. The second-order valence-electron chi connectivity index (χ2n) is 5.51. The van der Waals surface area contributed by atoms with Crippen LogP contribution < -0.4 is 10.6 Å². The zero-order valence-electron chi connectivity index (χ0n) is 13.0. The Labute approximate surface area is 177 Å². The highest BCUT2D eigenvalue weighted by Crippen LogP contribution is 2.39. The van der Waals surface area contributed by atoms with Crippen molar-refractivity contribution < 1.29 is 9.59 Å².